The molecule has 1 fully saturated rings. The molecule has 0 aliphatic carbocycles. The lowest BCUT2D eigenvalue weighted by molar-refractivity contribution is 0.0531. The standard InChI is InChI=1S/C19H22N2O2S.ClH/c1-19(2)12-21(10-9-16(19)20)18(23)14-7-4-3-6-13(14)17(22)15-8-5-11-24-15;/h3-8,11,16H,9-10,12,20H2,1-2H3;1H. The summed E-state index contributed by atoms with van der Waals surface area (Å²) in [6, 6.07) is 10.8. The smallest absolute Gasteiger partial charge is 0.254 e. The number of thiophene rings is 1. The van der Waals surface area contributed by atoms with Crippen molar-refractivity contribution < 1.29 is 9.59 Å². The first-order valence-electron chi connectivity index (χ1n) is 8.12. The van der Waals surface area contributed by atoms with Crippen molar-refractivity contribution >= 4 is 35.4 Å². The molecule has 0 spiro atoms. The number of hydrogen-bond acceptors (Lipinski definition) is 4. The number of carbonyl (C=O) groups excluding carboxylic acids is 2. The maximum atomic E-state index is 13.0. The number of carbonyl (C=O) groups is 2. The van der Waals surface area contributed by atoms with Gasteiger partial charge in [0.05, 0.1) is 10.4 Å². The molecule has 4 nitrogen and oxygen atoms in total. The number of amides is 1. The summed E-state index contributed by atoms with van der Waals surface area (Å²) in [5, 5.41) is 1.87. The number of hydrogen-bond donors (Lipinski definition) is 1. The number of ketones is 1. The van der Waals surface area contributed by atoms with Gasteiger partial charge in [0.1, 0.15) is 0 Å². The molecule has 1 aliphatic heterocycles. The van der Waals surface area contributed by atoms with Crippen LogP contribution in [0.25, 0.3) is 0 Å². The highest BCUT2D eigenvalue weighted by molar-refractivity contribution is 7.12. The van der Waals surface area contributed by atoms with E-state index in [1.165, 1.54) is 11.3 Å². The monoisotopic (exact) mass is 378 g/mol. The Labute approximate surface area is 158 Å². The summed E-state index contributed by atoms with van der Waals surface area (Å²) in [7, 11) is 0. The zero-order chi connectivity index (χ0) is 17.3. The quantitative estimate of drug-likeness (QED) is 0.830. The fourth-order valence-electron chi connectivity index (χ4n) is 3.13. The van der Waals surface area contributed by atoms with Crippen molar-refractivity contribution in [3.8, 4) is 0 Å². The molecule has 134 valence electrons. The zero-order valence-corrected chi connectivity index (χ0v) is 16.0. The van der Waals surface area contributed by atoms with Gasteiger partial charge in [0.25, 0.3) is 5.91 Å². The van der Waals surface area contributed by atoms with E-state index < -0.39 is 0 Å². The van der Waals surface area contributed by atoms with Gasteiger partial charge in [-0.25, -0.2) is 0 Å². The Bertz CT molecular complexity index is 759. The molecule has 2 aromatic rings. The first kappa shape index (κ1) is 19.6. The summed E-state index contributed by atoms with van der Waals surface area (Å²) in [6.45, 7) is 5.40. The predicted octanol–water partition coefficient (Wildman–Crippen LogP) is 3.60. The average molecular weight is 379 g/mol. The Morgan fingerprint density at radius 1 is 1.16 bits per heavy atom. The topological polar surface area (TPSA) is 63.4 Å². The normalized spacial score (nSPS) is 19.2. The van der Waals surface area contributed by atoms with Crippen molar-refractivity contribution in [3.63, 3.8) is 0 Å². The van der Waals surface area contributed by atoms with Crippen molar-refractivity contribution in [2.24, 2.45) is 11.1 Å². The van der Waals surface area contributed by atoms with Crippen molar-refractivity contribution in [2.45, 2.75) is 26.3 Å². The molecule has 25 heavy (non-hydrogen) atoms. The van der Waals surface area contributed by atoms with E-state index in [1.807, 2.05) is 16.3 Å². The van der Waals surface area contributed by atoms with Gasteiger partial charge >= 0.3 is 0 Å². The third-order valence-electron chi connectivity index (χ3n) is 4.75. The Morgan fingerprint density at radius 3 is 2.44 bits per heavy atom. The van der Waals surface area contributed by atoms with Crippen LogP contribution in [-0.2, 0) is 0 Å². The molecule has 1 aliphatic rings. The molecule has 6 heteroatoms. The maximum absolute atomic E-state index is 13.0. The lowest BCUT2D eigenvalue weighted by Crippen LogP contribution is -2.54. The molecule has 0 radical (unpaired) electrons. The molecule has 2 heterocycles. The fraction of sp³-hybridized carbons (Fsp3) is 0.368. The van der Waals surface area contributed by atoms with Gasteiger partial charge in [-0.3, -0.25) is 9.59 Å². The number of rotatable bonds is 3. The second-order valence-electron chi connectivity index (χ2n) is 6.96. The molecule has 1 unspecified atom stereocenters. The summed E-state index contributed by atoms with van der Waals surface area (Å²) in [4.78, 5) is 28.2. The molecule has 1 aromatic carbocycles. The lowest BCUT2D eigenvalue weighted by atomic mass is 9.79. The number of piperidine rings is 1. The molecule has 3 rings (SSSR count). The second kappa shape index (κ2) is 7.68. The van der Waals surface area contributed by atoms with Gasteiger partial charge in [-0.05, 0) is 29.3 Å². The SMILES string of the molecule is CC1(C)CN(C(=O)c2ccccc2C(=O)c2cccs2)CCC1N.Cl. The molecule has 0 bridgehead atoms. The largest absolute Gasteiger partial charge is 0.338 e. The lowest BCUT2D eigenvalue weighted by Gasteiger charge is -2.42. The van der Waals surface area contributed by atoms with Crippen LogP contribution >= 0.6 is 23.7 Å². The minimum Gasteiger partial charge on any atom is -0.338 e. The van der Waals surface area contributed by atoms with Gasteiger partial charge in [-0.1, -0.05) is 38.1 Å². The Morgan fingerprint density at radius 2 is 1.84 bits per heavy atom. The number of likely N-dealkylation sites (tertiary alicyclic amines) is 1. The molecule has 1 amide bonds. The van der Waals surface area contributed by atoms with Crippen LogP contribution < -0.4 is 5.73 Å². The Hall–Kier alpha value is -1.69. The molecule has 0 saturated carbocycles. The summed E-state index contributed by atoms with van der Waals surface area (Å²) in [6.07, 6.45) is 0.778. The van der Waals surface area contributed by atoms with Crippen LogP contribution in [0.5, 0.6) is 0 Å². The van der Waals surface area contributed by atoms with Gasteiger partial charge < -0.3 is 10.6 Å². The van der Waals surface area contributed by atoms with Crippen molar-refractivity contribution in [3.05, 3.63) is 57.8 Å². The molecule has 1 saturated heterocycles. The second-order valence-corrected chi connectivity index (χ2v) is 7.91. The summed E-state index contributed by atoms with van der Waals surface area (Å²) in [5.74, 6) is -0.183. The van der Waals surface area contributed by atoms with Gasteiger partial charge in [0.15, 0.2) is 0 Å². The van der Waals surface area contributed by atoms with E-state index in [9.17, 15) is 9.59 Å². The highest BCUT2D eigenvalue weighted by atomic mass is 35.5. The van der Waals surface area contributed by atoms with E-state index in [-0.39, 0.29) is 35.6 Å². The van der Waals surface area contributed by atoms with E-state index in [2.05, 4.69) is 13.8 Å². The Balaban J connectivity index is 0.00000225. The first-order chi connectivity index (χ1) is 11.4. The average Bonchev–Trinajstić information content (AvgIpc) is 3.10. The number of nitrogens with two attached hydrogens (primary N) is 1. The number of halogens is 1. The van der Waals surface area contributed by atoms with E-state index in [4.69, 9.17) is 5.73 Å². The number of nitrogens with zero attached hydrogens (tertiary/aromatic N) is 1. The van der Waals surface area contributed by atoms with Crippen molar-refractivity contribution in [1.29, 1.82) is 0 Å². The van der Waals surface area contributed by atoms with E-state index in [0.29, 0.717) is 29.1 Å². The van der Waals surface area contributed by atoms with Crippen LogP contribution in [0.1, 0.15) is 45.9 Å². The highest BCUT2D eigenvalue weighted by Gasteiger charge is 2.36. The predicted molar refractivity (Wildman–Crippen MR) is 104 cm³/mol. The minimum absolute atomic E-state index is 0. The molecular weight excluding hydrogens is 356 g/mol. The van der Waals surface area contributed by atoms with Crippen LogP contribution in [0.15, 0.2) is 41.8 Å². The van der Waals surface area contributed by atoms with E-state index >= 15 is 0 Å². The summed E-state index contributed by atoms with van der Waals surface area (Å²) < 4.78 is 0. The summed E-state index contributed by atoms with van der Waals surface area (Å²) >= 11 is 1.39. The maximum Gasteiger partial charge on any atom is 0.254 e. The van der Waals surface area contributed by atoms with Gasteiger partial charge in [-0.15, -0.1) is 23.7 Å². The van der Waals surface area contributed by atoms with Crippen LogP contribution in [0.3, 0.4) is 0 Å². The molecule has 1 aromatic heterocycles. The number of benzene rings is 1. The first-order valence-corrected chi connectivity index (χ1v) is 9.00. The zero-order valence-electron chi connectivity index (χ0n) is 14.4. The van der Waals surface area contributed by atoms with E-state index in [1.54, 1.807) is 30.3 Å². The molecule has 2 N–H and O–H groups in total. The van der Waals surface area contributed by atoms with Crippen LogP contribution in [0, 0.1) is 5.41 Å². The molecule has 1 atom stereocenters. The van der Waals surface area contributed by atoms with Gasteiger partial charge in [-0.2, -0.15) is 0 Å². The van der Waals surface area contributed by atoms with Crippen molar-refractivity contribution in [2.75, 3.05) is 13.1 Å². The van der Waals surface area contributed by atoms with Crippen LogP contribution in [0.4, 0.5) is 0 Å². The Kier molecular flexibility index (Phi) is 6.03. The van der Waals surface area contributed by atoms with Crippen LogP contribution in [0.2, 0.25) is 0 Å². The third-order valence-corrected chi connectivity index (χ3v) is 5.62. The van der Waals surface area contributed by atoms with E-state index in [0.717, 1.165) is 6.42 Å². The molecular formula is C19H23ClN2O2S. The van der Waals surface area contributed by atoms with Crippen molar-refractivity contribution in [1.82, 2.24) is 4.90 Å². The highest BCUT2D eigenvalue weighted by Crippen LogP contribution is 2.29. The summed E-state index contributed by atoms with van der Waals surface area (Å²) in [5.41, 5.74) is 6.99. The van der Waals surface area contributed by atoms with Gasteiger partial charge in [0, 0.05) is 24.7 Å². The van der Waals surface area contributed by atoms with Crippen LogP contribution in [-0.4, -0.2) is 35.7 Å². The fourth-order valence-corrected chi connectivity index (χ4v) is 3.80. The minimum atomic E-state index is -0.124. The third kappa shape index (κ3) is 3.94. The van der Waals surface area contributed by atoms with Gasteiger partial charge in [0.2, 0.25) is 5.78 Å².